The van der Waals surface area contributed by atoms with Crippen molar-refractivity contribution >= 4 is 5.91 Å². The van der Waals surface area contributed by atoms with Crippen LogP contribution >= 0.6 is 0 Å². The molecule has 0 aliphatic carbocycles. The van der Waals surface area contributed by atoms with E-state index in [0.29, 0.717) is 6.04 Å². The Kier molecular flexibility index (Phi) is 8.82. The largest absolute Gasteiger partial charge is 0.383 e. The van der Waals surface area contributed by atoms with Gasteiger partial charge in [-0.05, 0) is 32.7 Å². The Morgan fingerprint density at radius 2 is 2.20 bits per heavy atom. The number of nitrogens with one attached hydrogen (secondary N) is 2. The third-order valence-electron chi connectivity index (χ3n) is 3.96. The summed E-state index contributed by atoms with van der Waals surface area (Å²) in [6.07, 6.45) is 4.61. The van der Waals surface area contributed by atoms with Gasteiger partial charge in [0.05, 0.1) is 12.6 Å². The molecule has 1 rings (SSSR count). The number of likely N-dealkylation sites (tertiary alicyclic amines) is 1. The number of carbonyl (C=O) groups excluding carboxylic acids is 1. The highest BCUT2D eigenvalue weighted by atomic mass is 16.5. The zero-order chi connectivity index (χ0) is 14.8. The first-order chi connectivity index (χ1) is 9.70. The summed E-state index contributed by atoms with van der Waals surface area (Å²) in [5, 5.41) is 6.43. The lowest BCUT2D eigenvalue weighted by molar-refractivity contribution is -0.127. The molecule has 0 spiro atoms. The summed E-state index contributed by atoms with van der Waals surface area (Å²) in [7, 11) is 1.72. The van der Waals surface area contributed by atoms with E-state index in [0.717, 1.165) is 39.2 Å². The molecule has 1 heterocycles. The van der Waals surface area contributed by atoms with E-state index in [1.165, 1.54) is 19.3 Å². The molecule has 2 N–H and O–H groups in total. The predicted molar refractivity (Wildman–Crippen MR) is 81.9 cm³/mol. The Labute approximate surface area is 123 Å². The van der Waals surface area contributed by atoms with Crippen molar-refractivity contribution in [3.05, 3.63) is 0 Å². The molecule has 0 radical (unpaired) electrons. The predicted octanol–water partition coefficient (Wildman–Crippen LogP) is 0.992. The number of hydrogen-bond donors (Lipinski definition) is 2. The van der Waals surface area contributed by atoms with Gasteiger partial charge < -0.3 is 15.4 Å². The highest BCUT2D eigenvalue weighted by Crippen LogP contribution is 2.19. The fourth-order valence-electron chi connectivity index (χ4n) is 2.74. The van der Waals surface area contributed by atoms with E-state index in [1.807, 2.05) is 6.92 Å². The van der Waals surface area contributed by atoms with Crippen LogP contribution in [0, 0.1) is 0 Å². The molecular weight excluding hydrogens is 254 g/mol. The van der Waals surface area contributed by atoms with Crippen molar-refractivity contribution in [2.24, 2.45) is 0 Å². The highest BCUT2D eigenvalue weighted by Gasteiger charge is 2.29. The van der Waals surface area contributed by atoms with Gasteiger partial charge in [0, 0.05) is 32.8 Å². The second kappa shape index (κ2) is 10.1. The van der Waals surface area contributed by atoms with Gasteiger partial charge in [-0.1, -0.05) is 13.3 Å². The molecule has 0 aromatic heterocycles. The maximum Gasteiger partial charge on any atom is 0.237 e. The summed E-state index contributed by atoms with van der Waals surface area (Å²) in [5.41, 5.74) is 0. The molecule has 2 unspecified atom stereocenters. The van der Waals surface area contributed by atoms with Crippen LogP contribution in [-0.4, -0.2) is 62.8 Å². The fraction of sp³-hybridized carbons (Fsp3) is 0.933. The molecule has 5 heteroatoms. The molecule has 5 nitrogen and oxygen atoms in total. The first-order valence-electron chi connectivity index (χ1n) is 7.93. The molecule has 1 amide bonds. The Bertz CT molecular complexity index is 274. The fourth-order valence-corrected chi connectivity index (χ4v) is 2.74. The van der Waals surface area contributed by atoms with Crippen molar-refractivity contribution in [2.75, 3.05) is 39.9 Å². The Morgan fingerprint density at radius 3 is 2.90 bits per heavy atom. The minimum absolute atomic E-state index is 0.0314. The average molecular weight is 285 g/mol. The number of hydrogen-bond acceptors (Lipinski definition) is 4. The molecule has 20 heavy (non-hydrogen) atoms. The van der Waals surface area contributed by atoms with E-state index in [2.05, 4.69) is 22.5 Å². The lowest BCUT2D eigenvalue weighted by Gasteiger charge is -2.39. The van der Waals surface area contributed by atoms with Gasteiger partial charge in [-0.15, -0.1) is 0 Å². The topological polar surface area (TPSA) is 53.6 Å². The third-order valence-corrected chi connectivity index (χ3v) is 3.96. The van der Waals surface area contributed by atoms with E-state index >= 15 is 0 Å². The minimum atomic E-state index is -0.0314. The Balaban J connectivity index is 2.43. The monoisotopic (exact) mass is 285 g/mol. The molecule has 1 aliphatic rings. The molecule has 0 aromatic rings. The number of amides is 1. The first-order valence-corrected chi connectivity index (χ1v) is 7.93. The average Bonchev–Trinajstić information content (AvgIpc) is 2.49. The van der Waals surface area contributed by atoms with Crippen LogP contribution in [-0.2, 0) is 9.53 Å². The maximum absolute atomic E-state index is 12.1. The van der Waals surface area contributed by atoms with E-state index in [-0.39, 0.29) is 11.9 Å². The van der Waals surface area contributed by atoms with E-state index in [4.69, 9.17) is 4.74 Å². The van der Waals surface area contributed by atoms with E-state index < -0.39 is 0 Å². The molecule has 0 saturated carbocycles. The maximum atomic E-state index is 12.1. The van der Waals surface area contributed by atoms with Gasteiger partial charge in [0.1, 0.15) is 0 Å². The molecule has 0 aromatic carbocycles. The van der Waals surface area contributed by atoms with Crippen LogP contribution in [0.25, 0.3) is 0 Å². The summed E-state index contributed by atoms with van der Waals surface area (Å²) in [6, 6.07) is 0.430. The molecular formula is C15H31N3O2. The van der Waals surface area contributed by atoms with Crippen molar-refractivity contribution in [1.29, 1.82) is 0 Å². The van der Waals surface area contributed by atoms with Crippen molar-refractivity contribution in [3.63, 3.8) is 0 Å². The van der Waals surface area contributed by atoms with Crippen LogP contribution in [0.4, 0.5) is 0 Å². The summed E-state index contributed by atoms with van der Waals surface area (Å²) in [4.78, 5) is 14.5. The van der Waals surface area contributed by atoms with E-state index in [9.17, 15) is 4.79 Å². The number of piperidine rings is 1. The highest BCUT2D eigenvalue weighted by molar-refractivity contribution is 5.81. The first kappa shape index (κ1) is 17.4. The standard InChI is InChI=1S/C15H31N3O2/c1-4-8-17-15(19)13(2)18-10-6-5-7-14(18)12-16-9-11-20-3/h13-14,16H,4-12H2,1-3H3,(H,17,19). The van der Waals surface area contributed by atoms with Crippen molar-refractivity contribution < 1.29 is 9.53 Å². The summed E-state index contributed by atoms with van der Waals surface area (Å²) < 4.78 is 5.05. The normalized spacial score (nSPS) is 21.6. The van der Waals surface area contributed by atoms with Gasteiger partial charge in [0.15, 0.2) is 0 Å². The summed E-state index contributed by atoms with van der Waals surface area (Å²) >= 11 is 0. The number of rotatable bonds is 9. The lowest BCUT2D eigenvalue weighted by Crippen LogP contribution is -2.54. The Hall–Kier alpha value is -0.650. The molecule has 1 fully saturated rings. The number of ether oxygens (including phenoxy) is 1. The van der Waals surface area contributed by atoms with Gasteiger partial charge in [0.2, 0.25) is 5.91 Å². The molecule has 1 saturated heterocycles. The minimum Gasteiger partial charge on any atom is -0.383 e. The SMILES string of the molecule is CCCNC(=O)C(C)N1CCCCC1CNCCOC. The number of carbonyl (C=O) groups is 1. The van der Waals surface area contributed by atoms with Crippen molar-refractivity contribution in [3.8, 4) is 0 Å². The van der Waals surface area contributed by atoms with Crippen LogP contribution in [0.1, 0.15) is 39.5 Å². The van der Waals surface area contributed by atoms with Gasteiger partial charge >= 0.3 is 0 Å². The summed E-state index contributed by atoms with van der Waals surface area (Å²) in [6.45, 7) is 8.45. The van der Waals surface area contributed by atoms with Crippen LogP contribution in [0.15, 0.2) is 0 Å². The second-order valence-corrected chi connectivity index (χ2v) is 5.55. The van der Waals surface area contributed by atoms with Crippen LogP contribution in [0.2, 0.25) is 0 Å². The van der Waals surface area contributed by atoms with Gasteiger partial charge in [-0.2, -0.15) is 0 Å². The second-order valence-electron chi connectivity index (χ2n) is 5.55. The quantitative estimate of drug-likeness (QED) is 0.620. The van der Waals surface area contributed by atoms with Crippen LogP contribution < -0.4 is 10.6 Å². The number of nitrogens with zero attached hydrogens (tertiary/aromatic N) is 1. The van der Waals surface area contributed by atoms with Gasteiger partial charge in [0.25, 0.3) is 0 Å². The van der Waals surface area contributed by atoms with Crippen LogP contribution in [0.3, 0.4) is 0 Å². The van der Waals surface area contributed by atoms with Crippen LogP contribution in [0.5, 0.6) is 0 Å². The number of methoxy groups -OCH3 is 1. The zero-order valence-electron chi connectivity index (χ0n) is 13.3. The third kappa shape index (κ3) is 5.77. The summed E-state index contributed by atoms with van der Waals surface area (Å²) in [5.74, 6) is 0.163. The van der Waals surface area contributed by atoms with Gasteiger partial charge in [-0.3, -0.25) is 9.69 Å². The van der Waals surface area contributed by atoms with E-state index in [1.54, 1.807) is 7.11 Å². The molecule has 2 atom stereocenters. The van der Waals surface area contributed by atoms with Gasteiger partial charge in [-0.25, -0.2) is 0 Å². The molecule has 1 aliphatic heterocycles. The van der Waals surface area contributed by atoms with Crippen molar-refractivity contribution in [2.45, 2.75) is 51.6 Å². The lowest BCUT2D eigenvalue weighted by atomic mass is 9.99. The Morgan fingerprint density at radius 1 is 1.40 bits per heavy atom. The van der Waals surface area contributed by atoms with Crippen molar-refractivity contribution in [1.82, 2.24) is 15.5 Å². The molecule has 0 bridgehead atoms. The zero-order valence-corrected chi connectivity index (χ0v) is 13.3. The smallest absolute Gasteiger partial charge is 0.237 e. The molecule has 118 valence electrons.